The van der Waals surface area contributed by atoms with E-state index in [1.54, 1.807) is 84.9 Å². The van der Waals surface area contributed by atoms with Crippen molar-refractivity contribution in [2.24, 2.45) is 0 Å². The Morgan fingerprint density at radius 3 is 1.09 bits per heavy atom. The Hall–Kier alpha value is -4.58. The summed E-state index contributed by atoms with van der Waals surface area (Å²) in [6, 6.07) is 43.9. The molecule has 0 saturated heterocycles. The molecule has 0 aromatic heterocycles. The number of ether oxygens (including phenoxy) is 2. The van der Waals surface area contributed by atoms with E-state index in [1.165, 1.54) is 0 Å². The van der Waals surface area contributed by atoms with Gasteiger partial charge in [0.2, 0.25) is 0 Å². The molecule has 0 fully saturated rings. The molecule has 216 valence electrons. The first-order chi connectivity index (χ1) is 21.4. The van der Waals surface area contributed by atoms with Crippen molar-refractivity contribution < 1.29 is 19.7 Å². The maximum Gasteiger partial charge on any atom is 0.142 e. The number of para-hydroxylation sites is 2. The highest BCUT2D eigenvalue weighted by Crippen LogP contribution is 2.56. The van der Waals surface area contributed by atoms with Crippen LogP contribution in [0.5, 0.6) is 23.0 Å². The van der Waals surface area contributed by atoms with Gasteiger partial charge in [0.25, 0.3) is 0 Å². The van der Waals surface area contributed by atoms with E-state index in [1.807, 2.05) is 60.7 Å². The van der Waals surface area contributed by atoms with Crippen LogP contribution in [0, 0.1) is 0 Å². The molecular formula is C38H26Cl2O4. The molecule has 0 bridgehead atoms. The van der Waals surface area contributed by atoms with Crippen molar-refractivity contribution in [3.63, 3.8) is 0 Å². The molecule has 6 heteroatoms. The SMILES string of the molecule is OC1(c2ccc(Oc3ccccc3)cc2)c2cccc(Cl)c2C(O)(c2ccc(Oc3ccccc3)cc2)c2cccc(Cl)c21. The predicted octanol–water partition coefficient (Wildman–Crippen LogP) is 9.46. The third-order valence-corrected chi connectivity index (χ3v) is 8.66. The van der Waals surface area contributed by atoms with Crippen LogP contribution in [0.15, 0.2) is 146 Å². The molecular weight excluding hydrogens is 591 g/mol. The number of hydrogen-bond acceptors (Lipinski definition) is 4. The second-order valence-corrected chi connectivity index (χ2v) is 11.4. The molecule has 44 heavy (non-hydrogen) atoms. The van der Waals surface area contributed by atoms with E-state index in [0.29, 0.717) is 66.4 Å². The molecule has 7 rings (SSSR count). The van der Waals surface area contributed by atoms with Crippen LogP contribution in [0.3, 0.4) is 0 Å². The van der Waals surface area contributed by atoms with Gasteiger partial charge >= 0.3 is 0 Å². The summed E-state index contributed by atoms with van der Waals surface area (Å²) in [7, 11) is 0. The monoisotopic (exact) mass is 616 g/mol. The van der Waals surface area contributed by atoms with Gasteiger partial charge in [-0.2, -0.15) is 0 Å². The van der Waals surface area contributed by atoms with Gasteiger partial charge in [-0.15, -0.1) is 0 Å². The van der Waals surface area contributed by atoms with Gasteiger partial charge in [0.15, 0.2) is 0 Å². The van der Waals surface area contributed by atoms with Gasteiger partial charge in [0, 0.05) is 32.3 Å². The summed E-state index contributed by atoms with van der Waals surface area (Å²) < 4.78 is 12.0. The Morgan fingerprint density at radius 1 is 0.386 bits per heavy atom. The zero-order chi connectivity index (χ0) is 30.3. The molecule has 2 N–H and O–H groups in total. The number of benzene rings is 6. The van der Waals surface area contributed by atoms with Crippen molar-refractivity contribution >= 4 is 23.2 Å². The minimum absolute atomic E-state index is 0.308. The van der Waals surface area contributed by atoms with E-state index < -0.39 is 11.2 Å². The van der Waals surface area contributed by atoms with Gasteiger partial charge in [0.05, 0.1) is 0 Å². The molecule has 2 unspecified atom stereocenters. The smallest absolute Gasteiger partial charge is 0.142 e. The maximum atomic E-state index is 12.8. The average molecular weight is 618 g/mol. The number of rotatable bonds is 6. The third-order valence-electron chi connectivity index (χ3n) is 8.03. The molecule has 4 nitrogen and oxygen atoms in total. The molecule has 2 atom stereocenters. The Morgan fingerprint density at radius 2 is 0.727 bits per heavy atom. The highest BCUT2D eigenvalue weighted by atomic mass is 35.5. The van der Waals surface area contributed by atoms with E-state index in [0.717, 1.165) is 0 Å². The van der Waals surface area contributed by atoms with E-state index in [2.05, 4.69) is 0 Å². The summed E-state index contributed by atoms with van der Waals surface area (Å²) in [6.07, 6.45) is 0. The molecule has 6 aromatic carbocycles. The molecule has 6 aromatic rings. The summed E-state index contributed by atoms with van der Waals surface area (Å²) in [6.45, 7) is 0. The van der Waals surface area contributed by atoms with Crippen LogP contribution >= 0.6 is 23.2 Å². The van der Waals surface area contributed by atoms with E-state index in [9.17, 15) is 10.2 Å². The summed E-state index contributed by atoms with van der Waals surface area (Å²) in [5, 5.41) is 26.2. The lowest BCUT2D eigenvalue weighted by Gasteiger charge is -2.46. The minimum Gasteiger partial charge on any atom is -0.457 e. The van der Waals surface area contributed by atoms with Crippen LogP contribution in [-0.4, -0.2) is 10.2 Å². The van der Waals surface area contributed by atoms with Crippen molar-refractivity contribution in [1.82, 2.24) is 0 Å². The topological polar surface area (TPSA) is 58.9 Å². The third kappa shape index (κ3) is 4.64. The highest BCUT2D eigenvalue weighted by Gasteiger charge is 2.53. The first kappa shape index (κ1) is 28.2. The van der Waals surface area contributed by atoms with Gasteiger partial charge in [0.1, 0.15) is 34.2 Å². The summed E-state index contributed by atoms with van der Waals surface area (Å²) in [4.78, 5) is 0. The Balaban J connectivity index is 1.37. The molecule has 0 aliphatic heterocycles. The van der Waals surface area contributed by atoms with Crippen molar-refractivity contribution in [2.75, 3.05) is 0 Å². The zero-order valence-corrected chi connectivity index (χ0v) is 24.8. The van der Waals surface area contributed by atoms with E-state index in [4.69, 9.17) is 32.7 Å². The fourth-order valence-electron chi connectivity index (χ4n) is 6.03. The fraction of sp³-hybridized carbons (Fsp3) is 0.0526. The van der Waals surface area contributed by atoms with Crippen LogP contribution in [0.2, 0.25) is 10.0 Å². The number of halogens is 2. The van der Waals surface area contributed by atoms with Gasteiger partial charge in [-0.1, -0.05) is 108 Å². The Kier molecular flexibility index (Phi) is 7.16. The van der Waals surface area contributed by atoms with Crippen LogP contribution < -0.4 is 9.47 Å². The molecule has 0 saturated carbocycles. The summed E-state index contributed by atoms with van der Waals surface area (Å²) in [5.74, 6) is 2.62. The van der Waals surface area contributed by atoms with E-state index in [-0.39, 0.29) is 0 Å². The van der Waals surface area contributed by atoms with Crippen LogP contribution in [-0.2, 0) is 11.2 Å². The van der Waals surface area contributed by atoms with Crippen molar-refractivity contribution in [2.45, 2.75) is 11.2 Å². The first-order valence-corrected chi connectivity index (χ1v) is 14.8. The minimum atomic E-state index is -1.73. The number of hydrogen-bond donors (Lipinski definition) is 2. The molecule has 0 spiro atoms. The number of aliphatic hydroxyl groups is 2. The van der Waals surface area contributed by atoms with Gasteiger partial charge in [-0.3, -0.25) is 0 Å². The summed E-state index contributed by atoms with van der Waals surface area (Å²) >= 11 is 13.8. The highest BCUT2D eigenvalue weighted by molar-refractivity contribution is 6.32. The van der Waals surface area contributed by atoms with Crippen LogP contribution in [0.1, 0.15) is 33.4 Å². The lowest BCUT2D eigenvalue weighted by Crippen LogP contribution is -2.44. The van der Waals surface area contributed by atoms with E-state index >= 15 is 0 Å². The second-order valence-electron chi connectivity index (χ2n) is 10.6. The van der Waals surface area contributed by atoms with Crippen LogP contribution in [0.4, 0.5) is 0 Å². The first-order valence-electron chi connectivity index (χ1n) is 14.1. The molecule has 0 radical (unpaired) electrons. The number of fused-ring (bicyclic) bond motifs is 2. The summed E-state index contributed by atoms with van der Waals surface area (Å²) in [5.41, 5.74) is -0.776. The molecule has 1 aliphatic rings. The van der Waals surface area contributed by atoms with Crippen molar-refractivity contribution in [3.8, 4) is 23.0 Å². The maximum absolute atomic E-state index is 12.8. The lowest BCUT2D eigenvalue weighted by atomic mass is 9.63. The van der Waals surface area contributed by atoms with Gasteiger partial charge in [-0.05, 0) is 71.8 Å². The zero-order valence-electron chi connectivity index (χ0n) is 23.3. The van der Waals surface area contributed by atoms with Gasteiger partial charge < -0.3 is 19.7 Å². The average Bonchev–Trinajstić information content (AvgIpc) is 3.05. The van der Waals surface area contributed by atoms with Gasteiger partial charge in [-0.25, -0.2) is 0 Å². The quantitative estimate of drug-likeness (QED) is 0.196. The fourth-order valence-corrected chi connectivity index (χ4v) is 6.66. The Labute approximate surface area is 265 Å². The predicted molar refractivity (Wildman–Crippen MR) is 173 cm³/mol. The molecule has 0 amide bonds. The standard InChI is InChI=1S/C38H26Cl2O4/c39-33-15-8-14-32-35(33)37(41,25-17-21-29(22-18-25)43-27-9-3-1-4-10-27)31-13-7-16-34(40)36(31)38(32,42)26-19-23-30(24-20-26)44-28-11-5-2-6-12-28/h1-24,41-42H. The molecule has 1 aliphatic carbocycles. The Bertz CT molecular complexity index is 1800. The normalized spacial score (nSPS) is 18.6. The lowest BCUT2D eigenvalue weighted by molar-refractivity contribution is 0.0749. The van der Waals surface area contributed by atoms with Crippen LogP contribution in [0.25, 0.3) is 0 Å². The second kappa shape index (κ2) is 11.2. The molecule has 0 heterocycles. The van der Waals surface area contributed by atoms with Crippen molar-refractivity contribution in [1.29, 1.82) is 0 Å². The largest absolute Gasteiger partial charge is 0.457 e. The van der Waals surface area contributed by atoms with Crippen molar-refractivity contribution in [3.05, 3.63) is 189 Å².